The van der Waals surface area contributed by atoms with Crippen molar-refractivity contribution in [1.29, 1.82) is 0 Å². The second-order valence-electron chi connectivity index (χ2n) is 3.68. The van der Waals surface area contributed by atoms with E-state index in [9.17, 15) is 13.2 Å². The third-order valence-corrected chi connectivity index (χ3v) is 3.79. The van der Waals surface area contributed by atoms with Crippen molar-refractivity contribution in [2.75, 3.05) is 19.8 Å². The van der Waals surface area contributed by atoms with Crippen molar-refractivity contribution < 1.29 is 17.9 Å². The van der Waals surface area contributed by atoms with Crippen molar-refractivity contribution in [3.05, 3.63) is 29.8 Å². The number of sulfonamides is 1. The predicted octanol–water partition coefficient (Wildman–Crippen LogP) is 1.20. The molecule has 0 atom stereocenters. The van der Waals surface area contributed by atoms with E-state index in [0.717, 1.165) is 0 Å². The molecule has 1 rings (SSSR count). The van der Waals surface area contributed by atoms with Crippen LogP contribution in [0.15, 0.2) is 29.2 Å². The zero-order valence-electron chi connectivity index (χ0n) is 10.5. The SMILES string of the molecule is CCOCCNS(=O)(=O)c1ccc(C(C)=O)cc1. The van der Waals surface area contributed by atoms with Gasteiger partial charge in [-0.05, 0) is 26.0 Å². The van der Waals surface area contributed by atoms with E-state index in [-0.39, 0.29) is 17.2 Å². The predicted molar refractivity (Wildman–Crippen MR) is 68.1 cm³/mol. The first kappa shape index (κ1) is 14.8. The van der Waals surface area contributed by atoms with Gasteiger partial charge in [-0.1, -0.05) is 12.1 Å². The van der Waals surface area contributed by atoms with Crippen LogP contribution in [-0.2, 0) is 14.8 Å². The largest absolute Gasteiger partial charge is 0.380 e. The van der Waals surface area contributed by atoms with Crippen molar-refractivity contribution in [2.24, 2.45) is 0 Å². The second kappa shape index (κ2) is 6.63. The first-order valence-corrected chi connectivity index (χ1v) is 7.14. The fraction of sp³-hybridized carbons (Fsp3) is 0.417. The molecule has 0 spiro atoms. The first-order chi connectivity index (χ1) is 8.47. The molecule has 0 aromatic heterocycles. The van der Waals surface area contributed by atoms with Crippen LogP contribution in [0.4, 0.5) is 0 Å². The molecule has 0 saturated heterocycles. The van der Waals surface area contributed by atoms with Gasteiger partial charge in [-0.15, -0.1) is 0 Å². The summed E-state index contributed by atoms with van der Waals surface area (Å²) in [6.45, 7) is 4.39. The van der Waals surface area contributed by atoms with E-state index in [0.29, 0.717) is 18.8 Å². The summed E-state index contributed by atoms with van der Waals surface area (Å²) < 4.78 is 31.1. The van der Waals surface area contributed by atoms with Gasteiger partial charge in [0.2, 0.25) is 10.0 Å². The lowest BCUT2D eigenvalue weighted by Crippen LogP contribution is -2.27. The van der Waals surface area contributed by atoms with Crippen molar-refractivity contribution in [3.63, 3.8) is 0 Å². The third kappa shape index (κ3) is 4.21. The van der Waals surface area contributed by atoms with Crippen LogP contribution in [0.1, 0.15) is 24.2 Å². The number of carbonyl (C=O) groups excluding carboxylic acids is 1. The lowest BCUT2D eigenvalue weighted by Gasteiger charge is -2.07. The topological polar surface area (TPSA) is 72.5 Å². The van der Waals surface area contributed by atoms with Gasteiger partial charge in [-0.25, -0.2) is 13.1 Å². The number of carbonyl (C=O) groups is 1. The molecule has 6 heteroatoms. The van der Waals surface area contributed by atoms with E-state index < -0.39 is 10.0 Å². The average molecular weight is 271 g/mol. The molecule has 1 aromatic rings. The molecule has 0 heterocycles. The molecule has 0 aliphatic carbocycles. The van der Waals surface area contributed by atoms with Gasteiger partial charge in [-0.2, -0.15) is 0 Å². The highest BCUT2D eigenvalue weighted by molar-refractivity contribution is 7.89. The van der Waals surface area contributed by atoms with Gasteiger partial charge < -0.3 is 4.74 Å². The maximum absolute atomic E-state index is 11.8. The van der Waals surface area contributed by atoms with E-state index in [1.807, 2.05) is 6.92 Å². The number of hydrogen-bond acceptors (Lipinski definition) is 4. The molecule has 0 saturated carbocycles. The summed E-state index contributed by atoms with van der Waals surface area (Å²) in [5, 5.41) is 0. The molecule has 0 amide bonds. The zero-order valence-corrected chi connectivity index (χ0v) is 11.3. The minimum absolute atomic E-state index is 0.0942. The molecular formula is C12H17NO4S. The molecule has 1 aromatic carbocycles. The van der Waals surface area contributed by atoms with E-state index in [2.05, 4.69) is 4.72 Å². The highest BCUT2D eigenvalue weighted by atomic mass is 32.2. The normalized spacial score (nSPS) is 11.4. The van der Waals surface area contributed by atoms with Gasteiger partial charge in [-0.3, -0.25) is 4.79 Å². The Kier molecular flexibility index (Phi) is 5.46. The Morgan fingerprint density at radius 3 is 2.39 bits per heavy atom. The maximum Gasteiger partial charge on any atom is 0.240 e. The second-order valence-corrected chi connectivity index (χ2v) is 5.44. The summed E-state index contributed by atoms with van der Waals surface area (Å²) in [5.74, 6) is -0.0942. The number of nitrogens with one attached hydrogen (secondary N) is 1. The molecule has 18 heavy (non-hydrogen) atoms. The summed E-state index contributed by atoms with van der Waals surface area (Å²) in [7, 11) is -3.52. The Morgan fingerprint density at radius 1 is 1.28 bits per heavy atom. The Morgan fingerprint density at radius 2 is 1.89 bits per heavy atom. The van der Waals surface area contributed by atoms with Crippen LogP contribution in [0.3, 0.4) is 0 Å². The minimum Gasteiger partial charge on any atom is -0.380 e. The van der Waals surface area contributed by atoms with Crippen LogP contribution in [0.25, 0.3) is 0 Å². The first-order valence-electron chi connectivity index (χ1n) is 5.66. The fourth-order valence-corrected chi connectivity index (χ4v) is 2.36. The van der Waals surface area contributed by atoms with Crippen LogP contribution in [0.2, 0.25) is 0 Å². The molecule has 0 unspecified atom stereocenters. The van der Waals surface area contributed by atoms with Gasteiger partial charge in [0.05, 0.1) is 11.5 Å². The smallest absolute Gasteiger partial charge is 0.240 e. The lowest BCUT2D eigenvalue weighted by atomic mass is 10.2. The van der Waals surface area contributed by atoms with Crippen molar-refractivity contribution >= 4 is 15.8 Å². The average Bonchev–Trinajstić information content (AvgIpc) is 2.35. The summed E-state index contributed by atoms with van der Waals surface area (Å²) >= 11 is 0. The quantitative estimate of drug-likeness (QED) is 0.597. The molecule has 100 valence electrons. The Balaban J connectivity index is 2.70. The standard InChI is InChI=1S/C12H17NO4S/c1-3-17-9-8-13-18(15,16)12-6-4-11(5-7-12)10(2)14/h4-7,13H,3,8-9H2,1-2H3. The molecule has 5 nitrogen and oxygen atoms in total. The Labute approximate surface area is 107 Å². The van der Waals surface area contributed by atoms with E-state index in [4.69, 9.17) is 4.74 Å². The van der Waals surface area contributed by atoms with Crippen LogP contribution in [0.5, 0.6) is 0 Å². The van der Waals surface area contributed by atoms with Crippen molar-refractivity contribution in [3.8, 4) is 0 Å². The number of hydrogen-bond donors (Lipinski definition) is 1. The summed E-state index contributed by atoms with van der Waals surface area (Å²) in [4.78, 5) is 11.2. The number of Topliss-reactive ketones (excluding diaryl/α,β-unsaturated/α-hetero) is 1. The van der Waals surface area contributed by atoms with Gasteiger partial charge in [0.15, 0.2) is 5.78 Å². The number of ether oxygens (including phenoxy) is 1. The summed E-state index contributed by atoms with van der Waals surface area (Å²) in [6, 6.07) is 5.83. The summed E-state index contributed by atoms with van der Waals surface area (Å²) in [6.07, 6.45) is 0. The van der Waals surface area contributed by atoms with Crippen LogP contribution < -0.4 is 4.72 Å². The van der Waals surface area contributed by atoms with Gasteiger partial charge in [0, 0.05) is 18.7 Å². The Bertz CT molecular complexity index is 493. The molecule has 0 bridgehead atoms. The van der Waals surface area contributed by atoms with Crippen molar-refractivity contribution in [2.45, 2.75) is 18.7 Å². The third-order valence-electron chi connectivity index (χ3n) is 2.31. The molecule has 0 fully saturated rings. The highest BCUT2D eigenvalue weighted by Crippen LogP contribution is 2.10. The maximum atomic E-state index is 11.8. The van der Waals surface area contributed by atoms with Gasteiger partial charge >= 0.3 is 0 Å². The Hall–Kier alpha value is -1.24. The number of ketones is 1. The van der Waals surface area contributed by atoms with Gasteiger partial charge in [0.1, 0.15) is 0 Å². The molecule has 0 aliphatic rings. The van der Waals surface area contributed by atoms with Crippen LogP contribution in [-0.4, -0.2) is 34.0 Å². The van der Waals surface area contributed by atoms with E-state index in [1.165, 1.54) is 31.2 Å². The molecular weight excluding hydrogens is 254 g/mol. The number of benzene rings is 1. The zero-order chi connectivity index (χ0) is 13.6. The monoisotopic (exact) mass is 271 g/mol. The summed E-state index contributed by atoms with van der Waals surface area (Å²) in [5.41, 5.74) is 0.489. The fourth-order valence-electron chi connectivity index (χ4n) is 1.34. The molecule has 0 radical (unpaired) electrons. The van der Waals surface area contributed by atoms with E-state index in [1.54, 1.807) is 0 Å². The van der Waals surface area contributed by atoms with Crippen molar-refractivity contribution in [1.82, 2.24) is 4.72 Å². The number of rotatable bonds is 7. The van der Waals surface area contributed by atoms with Crippen LogP contribution in [0, 0.1) is 0 Å². The van der Waals surface area contributed by atoms with Gasteiger partial charge in [0.25, 0.3) is 0 Å². The molecule has 1 N–H and O–H groups in total. The van der Waals surface area contributed by atoms with E-state index >= 15 is 0 Å². The molecule has 0 aliphatic heterocycles. The minimum atomic E-state index is -3.52. The lowest BCUT2D eigenvalue weighted by molar-refractivity contribution is 0.101. The highest BCUT2D eigenvalue weighted by Gasteiger charge is 2.13. The van der Waals surface area contributed by atoms with Crippen LogP contribution >= 0.6 is 0 Å².